The number of aromatic hydroxyl groups is 2. The van der Waals surface area contributed by atoms with Crippen molar-refractivity contribution in [3.8, 4) is 11.5 Å². The molecule has 1 aromatic rings. The van der Waals surface area contributed by atoms with Crippen LogP contribution in [-0.2, 0) is 16.2 Å². The van der Waals surface area contributed by atoms with E-state index < -0.39 is 12.0 Å². The smallest absolute Gasteiger partial charge is 0.353 e. The minimum Gasteiger partial charge on any atom is -0.504 e. The van der Waals surface area contributed by atoms with E-state index in [4.69, 9.17) is 10.8 Å². The van der Waals surface area contributed by atoms with E-state index in [9.17, 15) is 10.2 Å². The topological polar surface area (TPSA) is 112 Å². The van der Waals surface area contributed by atoms with E-state index in [1.807, 2.05) is 0 Å². The highest BCUT2D eigenvalue weighted by Gasteiger charge is 2.53. The lowest BCUT2D eigenvalue weighted by molar-refractivity contribution is 0.00422. The molecule has 0 amide bonds. The number of hydrogen-bond donors (Lipinski definition) is 4. The lowest BCUT2D eigenvalue weighted by atomic mass is 10.0. The van der Waals surface area contributed by atoms with Gasteiger partial charge in [0, 0.05) is 0 Å². The lowest BCUT2D eigenvalue weighted by Crippen LogP contribution is -2.39. The van der Waals surface area contributed by atoms with Gasteiger partial charge in [-0.2, -0.15) is 9.78 Å². The van der Waals surface area contributed by atoms with Gasteiger partial charge in [-0.25, -0.2) is 0 Å². The van der Waals surface area contributed by atoms with Crippen molar-refractivity contribution in [2.24, 2.45) is 5.73 Å². The molecule has 1 aromatic carbocycles. The largest absolute Gasteiger partial charge is 0.504 e. The molecule has 1 saturated heterocycles. The minimum absolute atomic E-state index is 0.204. The fourth-order valence-electron chi connectivity index (χ4n) is 1.25. The third-order valence-corrected chi connectivity index (χ3v) is 2.22. The maximum absolute atomic E-state index is 9.30. The molecular formula is C9H11NO5. The fourth-order valence-corrected chi connectivity index (χ4v) is 1.25. The van der Waals surface area contributed by atoms with Crippen LogP contribution in [0.1, 0.15) is 5.56 Å². The Bertz CT molecular complexity index is 377. The molecule has 1 aliphatic heterocycles. The van der Waals surface area contributed by atoms with Crippen LogP contribution in [0.5, 0.6) is 11.5 Å². The summed E-state index contributed by atoms with van der Waals surface area (Å²) in [4.78, 5) is 8.61. The number of rotatable bonds is 3. The van der Waals surface area contributed by atoms with Gasteiger partial charge in [-0.1, -0.05) is 6.07 Å². The molecule has 5 N–H and O–H groups in total. The van der Waals surface area contributed by atoms with Crippen molar-refractivity contribution in [2.75, 3.05) is 0 Å². The van der Waals surface area contributed by atoms with Crippen molar-refractivity contribution in [1.82, 2.24) is 0 Å². The molecule has 6 heteroatoms. The highest BCUT2D eigenvalue weighted by Crippen LogP contribution is 2.31. The third-order valence-electron chi connectivity index (χ3n) is 2.22. The van der Waals surface area contributed by atoms with Crippen LogP contribution in [-0.4, -0.2) is 27.3 Å². The van der Waals surface area contributed by atoms with E-state index in [1.54, 1.807) is 6.07 Å². The van der Waals surface area contributed by atoms with Crippen LogP contribution in [0.3, 0.4) is 0 Å². The van der Waals surface area contributed by atoms with E-state index in [0.29, 0.717) is 5.56 Å². The average molecular weight is 213 g/mol. The van der Waals surface area contributed by atoms with Gasteiger partial charge in [0.25, 0.3) is 0 Å². The summed E-state index contributed by atoms with van der Waals surface area (Å²) in [6.07, 6.45) is 0.254. The Morgan fingerprint density at radius 1 is 1.27 bits per heavy atom. The second kappa shape index (κ2) is 3.35. The Hall–Kier alpha value is -1.34. The maximum atomic E-state index is 9.30. The van der Waals surface area contributed by atoms with E-state index in [0.717, 1.165) is 0 Å². The van der Waals surface area contributed by atoms with Crippen LogP contribution in [0.25, 0.3) is 0 Å². The molecule has 1 fully saturated rings. The molecule has 0 spiro atoms. The summed E-state index contributed by atoms with van der Waals surface area (Å²) in [5.41, 5.74) is 6.25. The SMILES string of the molecule is N[C@@H](Cc1ccc(O)c(O)c1)C1(O)OO1. The van der Waals surface area contributed by atoms with Gasteiger partial charge in [0.1, 0.15) is 0 Å². The van der Waals surface area contributed by atoms with Crippen LogP contribution >= 0.6 is 0 Å². The molecule has 6 nitrogen and oxygen atoms in total. The molecule has 0 aromatic heterocycles. The molecule has 1 atom stereocenters. The van der Waals surface area contributed by atoms with Gasteiger partial charge in [-0.15, -0.1) is 0 Å². The molecule has 1 aliphatic rings. The van der Waals surface area contributed by atoms with Gasteiger partial charge in [0.05, 0.1) is 6.04 Å². The first-order chi connectivity index (χ1) is 7.01. The number of nitrogens with two attached hydrogens (primary N) is 1. The van der Waals surface area contributed by atoms with Crippen molar-refractivity contribution in [1.29, 1.82) is 0 Å². The number of benzene rings is 1. The van der Waals surface area contributed by atoms with Gasteiger partial charge >= 0.3 is 5.97 Å². The lowest BCUT2D eigenvalue weighted by Gasteiger charge is -2.11. The molecule has 82 valence electrons. The number of phenolic OH excluding ortho intramolecular Hbond substituents is 2. The molecule has 2 rings (SSSR count). The average Bonchev–Trinajstić information content (AvgIpc) is 2.92. The van der Waals surface area contributed by atoms with Crippen molar-refractivity contribution < 1.29 is 25.1 Å². The normalized spacial score (nSPS) is 19.9. The zero-order valence-electron chi connectivity index (χ0n) is 7.75. The summed E-state index contributed by atoms with van der Waals surface area (Å²) in [5, 5.41) is 27.6. The molecule has 0 unspecified atom stereocenters. The van der Waals surface area contributed by atoms with Crippen LogP contribution in [0.4, 0.5) is 0 Å². The molecule has 0 aliphatic carbocycles. The molecule has 15 heavy (non-hydrogen) atoms. The van der Waals surface area contributed by atoms with Crippen LogP contribution in [0.15, 0.2) is 18.2 Å². The van der Waals surface area contributed by atoms with Gasteiger partial charge in [0.2, 0.25) is 0 Å². The third kappa shape index (κ3) is 2.02. The fraction of sp³-hybridized carbons (Fsp3) is 0.333. The second-order valence-electron chi connectivity index (χ2n) is 3.43. The first kappa shape index (κ1) is 10.2. The second-order valence-corrected chi connectivity index (χ2v) is 3.43. The van der Waals surface area contributed by atoms with E-state index >= 15 is 0 Å². The summed E-state index contributed by atoms with van der Waals surface area (Å²) < 4.78 is 0. The molecule has 0 saturated carbocycles. The zero-order chi connectivity index (χ0) is 11.1. The van der Waals surface area contributed by atoms with Crippen molar-refractivity contribution in [3.63, 3.8) is 0 Å². The zero-order valence-corrected chi connectivity index (χ0v) is 7.75. The van der Waals surface area contributed by atoms with Crippen LogP contribution < -0.4 is 5.73 Å². The minimum atomic E-state index is -1.71. The quantitative estimate of drug-likeness (QED) is 0.308. The number of phenols is 2. The van der Waals surface area contributed by atoms with Crippen molar-refractivity contribution >= 4 is 0 Å². The molecular weight excluding hydrogens is 202 g/mol. The van der Waals surface area contributed by atoms with Crippen LogP contribution in [0.2, 0.25) is 0 Å². The number of aliphatic hydroxyl groups is 1. The Labute approximate surface area is 85.4 Å². The monoisotopic (exact) mass is 213 g/mol. The number of hydrogen-bond acceptors (Lipinski definition) is 6. The Balaban J connectivity index is 2.07. The van der Waals surface area contributed by atoms with Gasteiger partial charge in [-0.3, -0.25) is 0 Å². The summed E-state index contributed by atoms with van der Waals surface area (Å²) in [7, 11) is 0. The predicted molar refractivity (Wildman–Crippen MR) is 48.6 cm³/mol. The predicted octanol–water partition coefficient (Wildman–Crippen LogP) is -0.425. The first-order valence-corrected chi connectivity index (χ1v) is 4.37. The standard InChI is InChI=1S/C9H11NO5/c10-8(9(13)14-15-9)4-5-1-2-6(11)7(12)3-5/h1-3,8,11-13H,4,10H2/t8-/m0/s1. The summed E-state index contributed by atoms with van der Waals surface area (Å²) in [6, 6.07) is 3.54. The van der Waals surface area contributed by atoms with Crippen molar-refractivity contribution in [2.45, 2.75) is 18.4 Å². The van der Waals surface area contributed by atoms with Gasteiger partial charge in [-0.05, 0) is 24.1 Å². The van der Waals surface area contributed by atoms with E-state index in [2.05, 4.69) is 9.78 Å². The molecule has 0 bridgehead atoms. The Kier molecular flexibility index (Phi) is 2.28. The molecule has 0 radical (unpaired) electrons. The van der Waals surface area contributed by atoms with E-state index in [1.165, 1.54) is 12.1 Å². The van der Waals surface area contributed by atoms with E-state index in [-0.39, 0.29) is 17.9 Å². The summed E-state index contributed by atoms with van der Waals surface area (Å²) >= 11 is 0. The van der Waals surface area contributed by atoms with Crippen LogP contribution in [0, 0.1) is 0 Å². The van der Waals surface area contributed by atoms with Gasteiger partial charge < -0.3 is 21.1 Å². The summed E-state index contributed by atoms with van der Waals surface area (Å²) in [5.74, 6) is -2.15. The van der Waals surface area contributed by atoms with Crippen molar-refractivity contribution in [3.05, 3.63) is 23.8 Å². The summed E-state index contributed by atoms with van der Waals surface area (Å²) in [6.45, 7) is 0. The molecule has 1 heterocycles. The van der Waals surface area contributed by atoms with Gasteiger partial charge in [0.15, 0.2) is 11.5 Å². The highest BCUT2D eigenvalue weighted by molar-refractivity contribution is 5.40. The Morgan fingerprint density at radius 2 is 1.93 bits per heavy atom. The maximum Gasteiger partial charge on any atom is 0.353 e. The highest BCUT2D eigenvalue weighted by atomic mass is 17.4. The Morgan fingerprint density at radius 3 is 2.47 bits per heavy atom. The first-order valence-electron chi connectivity index (χ1n) is 4.37.